The van der Waals surface area contributed by atoms with E-state index in [0.717, 1.165) is 16.6 Å². The Hall–Kier alpha value is -3.35. The topological polar surface area (TPSA) is 67.9 Å². The summed E-state index contributed by atoms with van der Waals surface area (Å²) in [4.78, 5) is 15.1. The van der Waals surface area contributed by atoms with Gasteiger partial charge in [0.15, 0.2) is 5.82 Å². The fourth-order valence-electron chi connectivity index (χ4n) is 2.91. The van der Waals surface area contributed by atoms with Crippen molar-refractivity contribution in [3.8, 4) is 0 Å². The first-order chi connectivity index (χ1) is 12.6. The molecule has 0 radical (unpaired) electrons. The van der Waals surface area contributed by atoms with E-state index in [1.54, 1.807) is 19.1 Å². The van der Waals surface area contributed by atoms with Gasteiger partial charge in [-0.1, -0.05) is 17.3 Å². The molecule has 0 saturated carbocycles. The first kappa shape index (κ1) is 16.1. The summed E-state index contributed by atoms with van der Waals surface area (Å²) in [7, 11) is 0. The maximum Gasteiger partial charge on any atom is 0.249 e. The lowest BCUT2D eigenvalue weighted by Crippen LogP contribution is -2.23. The normalized spacial score (nSPS) is 12.3. The van der Waals surface area contributed by atoms with E-state index in [-0.39, 0.29) is 11.9 Å². The summed E-state index contributed by atoms with van der Waals surface area (Å²) in [5.41, 5.74) is 1.58. The van der Waals surface area contributed by atoms with Gasteiger partial charge < -0.3 is 9.42 Å². The number of halogens is 1. The smallest absolute Gasteiger partial charge is 0.249 e. The van der Waals surface area contributed by atoms with E-state index in [9.17, 15) is 4.39 Å². The Morgan fingerprint density at radius 2 is 1.81 bits per heavy atom. The summed E-state index contributed by atoms with van der Waals surface area (Å²) in [6, 6.07) is 13.6. The van der Waals surface area contributed by atoms with Crippen molar-refractivity contribution in [1.29, 1.82) is 0 Å². The number of nitrogens with zero attached hydrogens (tertiary/aromatic N) is 5. The molecular weight excluding hydrogens is 333 g/mol. The first-order valence-electron chi connectivity index (χ1n) is 8.18. The van der Waals surface area contributed by atoms with Crippen LogP contribution in [-0.4, -0.2) is 20.1 Å². The lowest BCUT2D eigenvalue weighted by Gasteiger charge is -2.29. The van der Waals surface area contributed by atoms with Crippen LogP contribution in [0.2, 0.25) is 0 Å². The lowest BCUT2D eigenvalue weighted by molar-refractivity contribution is 0.357. The molecule has 1 unspecified atom stereocenters. The molecule has 2 aromatic heterocycles. The SMILES string of the molecule is Cc1noc(C(C)N(c2ccc(F)cc2)c2ncnc3ccccc23)n1. The van der Waals surface area contributed by atoms with Gasteiger partial charge in [0, 0.05) is 11.1 Å². The van der Waals surface area contributed by atoms with Gasteiger partial charge in [0.2, 0.25) is 5.89 Å². The van der Waals surface area contributed by atoms with Crippen LogP contribution in [-0.2, 0) is 0 Å². The molecule has 0 aliphatic carbocycles. The zero-order valence-electron chi connectivity index (χ0n) is 14.3. The molecule has 4 aromatic rings. The average Bonchev–Trinajstić information content (AvgIpc) is 3.10. The summed E-state index contributed by atoms with van der Waals surface area (Å²) in [6.07, 6.45) is 1.51. The second-order valence-corrected chi connectivity index (χ2v) is 5.92. The molecule has 26 heavy (non-hydrogen) atoms. The minimum absolute atomic E-state index is 0.303. The molecule has 0 N–H and O–H groups in total. The third-order valence-corrected chi connectivity index (χ3v) is 4.14. The van der Waals surface area contributed by atoms with Crippen molar-refractivity contribution in [3.63, 3.8) is 0 Å². The molecule has 0 bridgehead atoms. The average molecular weight is 349 g/mol. The summed E-state index contributed by atoms with van der Waals surface area (Å²) < 4.78 is 18.8. The molecular formula is C19H16FN5O. The van der Waals surface area contributed by atoms with Crippen LogP contribution in [0.5, 0.6) is 0 Å². The molecule has 0 fully saturated rings. The van der Waals surface area contributed by atoms with E-state index in [2.05, 4.69) is 20.1 Å². The van der Waals surface area contributed by atoms with Gasteiger partial charge in [-0.3, -0.25) is 0 Å². The van der Waals surface area contributed by atoms with E-state index in [1.165, 1.54) is 18.5 Å². The van der Waals surface area contributed by atoms with Gasteiger partial charge in [-0.15, -0.1) is 0 Å². The molecule has 0 aliphatic heterocycles. The number of aryl methyl sites for hydroxylation is 1. The summed E-state index contributed by atoms with van der Waals surface area (Å²) in [5, 5.41) is 4.76. The Labute approximate surface area is 149 Å². The molecule has 2 aromatic carbocycles. The molecule has 0 aliphatic rings. The molecule has 0 spiro atoms. The fourth-order valence-corrected chi connectivity index (χ4v) is 2.91. The lowest BCUT2D eigenvalue weighted by atomic mass is 10.1. The van der Waals surface area contributed by atoms with Crippen LogP contribution in [0.15, 0.2) is 59.4 Å². The predicted octanol–water partition coefficient (Wildman–Crippen LogP) is 4.36. The summed E-state index contributed by atoms with van der Waals surface area (Å²) >= 11 is 0. The van der Waals surface area contributed by atoms with Gasteiger partial charge in [0.1, 0.15) is 24.0 Å². The monoisotopic (exact) mass is 349 g/mol. The van der Waals surface area contributed by atoms with Crippen LogP contribution in [0.4, 0.5) is 15.9 Å². The minimum Gasteiger partial charge on any atom is -0.337 e. The van der Waals surface area contributed by atoms with Gasteiger partial charge in [0.25, 0.3) is 0 Å². The van der Waals surface area contributed by atoms with Crippen LogP contribution >= 0.6 is 0 Å². The molecule has 7 heteroatoms. The standard InChI is InChI=1S/C19H16FN5O/c1-12(19-23-13(2)24-26-19)25(15-9-7-14(20)8-10-15)18-16-5-3-4-6-17(16)21-11-22-18/h3-12H,1-2H3. The molecule has 2 heterocycles. The first-order valence-corrected chi connectivity index (χ1v) is 8.18. The van der Waals surface area contributed by atoms with Gasteiger partial charge >= 0.3 is 0 Å². The predicted molar refractivity (Wildman–Crippen MR) is 95.5 cm³/mol. The van der Waals surface area contributed by atoms with E-state index >= 15 is 0 Å². The van der Waals surface area contributed by atoms with Crippen molar-refractivity contribution in [1.82, 2.24) is 20.1 Å². The van der Waals surface area contributed by atoms with Gasteiger partial charge in [0.05, 0.1) is 5.52 Å². The van der Waals surface area contributed by atoms with Crippen LogP contribution < -0.4 is 4.90 Å². The summed E-state index contributed by atoms with van der Waals surface area (Å²) in [6.45, 7) is 3.70. The number of fused-ring (bicyclic) bond motifs is 1. The highest BCUT2D eigenvalue weighted by molar-refractivity contribution is 5.91. The third-order valence-electron chi connectivity index (χ3n) is 4.14. The van der Waals surface area contributed by atoms with E-state index in [0.29, 0.717) is 17.5 Å². The molecule has 130 valence electrons. The van der Waals surface area contributed by atoms with Crippen LogP contribution in [0, 0.1) is 12.7 Å². The Kier molecular flexibility index (Phi) is 4.04. The third kappa shape index (κ3) is 2.88. The number of anilines is 2. The van der Waals surface area contributed by atoms with Crippen LogP contribution in [0.25, 0.3) is 10.9 Å². The summed E-state index contributed by atoms with van der Waals surface area (Å²) in [5.74, 6) is 1.39. The van der Waals surface area contributed by atoms with Crippen LogP contribution in [0.1, 0.15) is 24.7 Å². The van der Waals surface area contributed by atoms with Gasteiger partial charge in [-0.25, -0.2) is 14.4 Å². The van der Waals surface area contributed by atoms with Gasteiger partial charge in [-0.2, -0.15) is 4.98 Å². The molecule has 0 amide bonds. The molecule has 6 nitrogen and oxygen atoms in total. The number of aromatic nitrogens is 4. The van der Waals surface area contributed by atoms with E-state index in [4.69, 9.17) is 4.52 Å². The zero-order chi connectivity index (χ0) is 18.1. The van der Waals surface area contributed by atoms with Crippen molar-refractivity contribution in [2.24, 2.45) is 0 Å². The highest BCUT2D eigenvalue weighted by atomic mass is 19.1. The quantitative estimate of drug-likeness (QED) is 0.545. The highest BCUT2D eigenvalue weighted by Crippen LogP contribution is 2.36. The minimum atomic E-state index is -0.306. The second-order valence-electron chi connectivity index (χ2n) is 5.92. The van der Waals surface area contributed by atoms with Crippen molar-refractivity contribution < 1.29 is 8.91 Å². The van der Waals surface area contributed by atoms with Crippen molar-refractivity contribution >= 4 is 22.4 Å². The van der Waals surface area contributed by atoms with Crippen LogP contribution in [0.3, 0.4) is 0 Å². The van der Waals surface area contributed by atoms with Crippen molar-refractivity contribution in [2.45, 2.75) is 19.9 Å². The molecule has 1 atom stereocenters. The largest absolute Gasteiger partial charge is 0.337 e. The number of benzene rings is 2. The van der Waals surface area contributed by atoms with E-state index < -0.39 is 0 Å². The second kappa shape index (κ2) is 6.51. The Balaban J connectivity index is 1.91. The highest BCUT2D eigenvalue weighted by Gasteiger charge is 2.26. The number of para-hydroxylation sites is 1. The molecule has 4 rings (SSSR count). The number of rotatable bonds is 4. The number of hydrogen-bond acceptors (Lipinski definition) is 6. The Morgan fingerprint density at radius 3 is 2.54 bits per heavy atom. The number of hydrogen-bond donors (Lipinski definition) is 0. The van der Waals surface area contributed by atoms with E-state index in [1.807, 2.05) is 36.1 Å². The zero-order valence-corrected chi connectivity index (χ0v) is 14.3. The fraction of sp³-hybridized carbons (Fsp3) is 0.158. The van der Waals surface area contributed by atoms with Gasteiger partial charge in [-0.05, 0) is 50.2 Å². The van der Waals surface area contributed by atoms with Crippen molar-refractivity contribution in [3.05, 3.63) is 72.4 Å². The Bertz CT molecular complexity index is 1040. The maximum atomic E-state index is 13.4. The Morgan fingerprint density at radius 1 is 1.04 bits per heavy atom. The van der Waals surface area contributed by atoms with Crippen molar-refractivity contribution in [2.75, 3.05) is 4.90 Å². The maximum absolute atomic E-state index is 13.4. The molecule has 0 saturated heterocycles.